The number of hydrogen-bond donors (Lipinski definition) is 2. The number of rotatable bonds is 5. The van der Waals surface area contributed by atoms with Crippen LogP contribution in [0.15, 0.2) is 35.3 Å². The molecular weight excluding hydrogens is 264 g/mol. The Morgan fingerprint density at radius 2 is 2.20 bits per heavy atom. The molecule has 0 saturated carbocycles. The van der Waals surface area contributed by atoms with Gasteiger partial charge in [0, 0.05) is 12.3 Å². The van der Waals surface area contributed by atoms with Gasteiger partial charge in [-0.25, -0.2) is 4.79 Å². The first-order valence-electron chi connectivity index (χ1n) is 5.55. The minimum Gasteiger partial charge on any atom is -0.478 e. The van der Waals surface area contributed by atoms with Gasteiger partial charge in [0.05, 0.1) is 6.54 Å². The molecule has 0 radical (unpaired) electrons. The summed E-state index contributed by atoms with van der Waals surface area (Å²) in [6, 6.07) is 3.09. The molecule has 0 saturated heterocycles. The number of carbonyl (C=O) groups excluding carboxylic acids is 1. The molecule has 0 aliphatic rings. The third kappa shape index (κ3) is 3.73. The van der Waals surface area contributed by atoms with Crippen molar-refractivity contribution in [2.45, 2.75) is 6.54 Å². The highest BCUT2D eigenvalue weighted by Crippen LogP contribution is 2.03. The van der Waals surface area contributed by atoms with E-state index in [4.69, 9.17) is 5.11 Å². The van der Waals surface area contributed by atoms with Crippen molar-refractivity contribution in [3.63, 3.8) is 0 Å². The number of nitrogens with one attached hydrogen (secondary N) is 1. The molecule has 0 aliphatic heterocycles. The zero-order valence-electron chi connectivity index (χ0n) is 10.2. The lowest BCUT2D eigenvalue weighted by Crippen LogP contribution is -2.24. The van der Waals surface area contributed by atoms with E-state index in [1.54, 1.807) is 6.07 Å². The summed E-state index contributed by atoms with van der Waals surface area (Å²) >= 11 is 0. The van der Waals surface area contributed by atoms with Crippen molar-refractivity contribution in [3.05, 3.63) is 47.9 Å². The van der Waals surface area contributed by atoms with Gasteiger partial charge in [-0.15, -0.1) is 0 Å². The number of carboxylic acids is 1. The van der Waals surface area contributed by atoms with Crippen LogP contribution >= 0.6 is 0 Å². The SMILES string of the molecule is O=C(O)/C=C/c1ccc(C(=O)NCc2ncon2)nc1. The van der Waals surface area contributed by atoms with Gasteiger partial charge in [0.25, 0.3) is 5.91 Å². The number of aromatic nitrogens is 3. The fraction of sp³-hybridized carbons (Fsp3) is 0.0833. The Labute approximate surface area is 113 Å². The van der Waals surface area contributed by atoms with Gasteiger partial charge in [-0.05, 0) is 17.7 Å². The highest BCUT2D eigenvalue weighted by molar-refractivity contribution is 5.92. The van der Waals surface area contributed by atoms with E-state index >= 15 is 0 Å². The fourth-order valence-electron chi connectivity index (χ4n) is 1.33. The van der Waals surface area contributed by atoms with E-state index in [1.165, 1.54) is 24.7 Å². The molecular formula is C12H10N4O4. The van der Waals surface area contributed by atoms with Gasteiger partial charge in [0.15, 0.2) is 5.82 Å². The van der Waals surface area contributed by atoms with Gasteiger partial charge in [0.2, 0.25) is 6.39 Å². The molecule has 2 aromatic heterocycles. The summed E-state index contributed by atoms with van der Waals surface area (Å²) < 4.78 is 4.53. The molecule has 2 rings (SSSR count). The molecule has 2 aromatic rings. The summed E-state index contributed by atoms with van der Waals surface area (Å²) in [5, 5.41) is 14.6. The van der Waals surface area contributed by atoms with Crippen LogP contribution in [0.5, 0.6) is 0 Å². The van der Waals surface area contributed by atoms with Crippen molar-refractivity contribution in [3.8, 4) is 0 Å². The molecule has 8 heteroatoms. The van der Waals surface area contributed by atoms with Crippen LogP contribution in [0.2, 0.25) is 0 Å². The Balaban J connectivity index is 1.95. The highest BCUT2D eigenvalue weighted by atomic mass is 16.5. The van der Waals surface area contributed by atoms with E-state index < -0.39 is 5.97 Å². The molecule has 20 heavy (non-hydrogen) atoms. The lowest BCUT2D eigenvalue weighted by atomic mass is 10.2. The van der Waals surface area contributed by atoms with Crippen molar-refractivity contribution in [1.29, 1.82) is 0 Å². The first kappa shape index (κ1) is 13.4. The smallest absolute Gasteiger partial charge is 0.328 e. The van der Waals surface area contributed by atoms with E-state index in [0.29, 0.717) is 11.4 Å². The molecule has 0 bridgehead atoms. The van der Waals surface area contributed by atoms with Crippen LogP contribution in [0.4, 0.5) is 0 Å². The van der Waals surface area contributed by atoms with Gasteiger partial charge in [-0.3, -0.25) is 9.78 Å². The van der Waals surface area contributed by atoms with Crippen LogP contribution in [-0.2, 0) is 11.3 Å². The van der Waals surface area contributed by atoms with Crippen LogP contribution < -0.4 is 5.32 Å². The van der Waals surface area contributed by atoms with Gasteiger partial charge >= 0.3 is 5.97 Å². The van der Waals surface area contributed by atoms with Gasteiger partial charge < -0.3 is 14.9 Å². The minimum absolute atomic E-state index is 0.137. The molecule has 102 valence electrons. The maximum atomic E-state index is 11.7. The normalized spacial score (nSPS) is 10.6. The third-order valence-corrected chi connectivity index (χ3v) is 2.25. The number of hydrogen-bond acceptors (Lipinski definition) is 6. The lowest BCUT2D eigenvalue weighted by molar-refractivity contribution is -0.131. The standard InChI is InChI=1S/C12H10N4O4/c17-11(18)4-2-8-1-3-9(13-5-8)12(19)14-6-10-15-7-20-16-10/h1-5,7H,6H2,(H,14,19)(H,17,18)/b4-2+. The molecule has 2 N–H and O–H groups in total. The number of pyridine rings is 1. The summed E-state index contributed by atoms with van der Waals surface area (Å²) in [6.45, 7) is 0.137. The molecule has 0 fully saturated rings. The number of carbonyl (C=O) groups is 2. The molecule has 0 aromatic carbocycles. The van der Waals surface area contributed by atoms with E-state index in [1.807, 2.05) is 0 Å². The molecule has 0 unspecified atom stereocenters. The van der Waals surface area contributed by atoms with Gasteiger partial charge in [-0.2, -0.15) is 4.98 Å². The Morgan fingerprint density at radius 3 is 2.80 bits per heavy atom. The second kappa shape index (κ2) is 6.23. The second-order valence-electron chi connectivity index (χ2n) is 3.68. The van der Waals surface area contributed by atoms with Crippen molar-refractivity contribution in [1.82, 2.24) is 20.4 Å². The Morgan fingerprint density at radius 1 is 1.35 bits per heavy atom. The van der Waals surface area contributed by atoms with E-state index in [-0.39, 0.29) is 18.1 Å². The molecule has 0 aliphatic carbocycles. The maximum Gasteiger partial charge on any atom is 0.328 e. The van der Waals surface area contributed by atoms with Crippen molar-refractivity contribution < 1.29 is 19.2 Å². The average Bonchev–Trinajstić information content (AvgIpc) is 2.96. The predicted octanol–water partition coefficient (Wildman–Crippen LogP) is 0.492. The molecule has 2 heterocycles. The molecule has 8 nitrogen and oxygen atoms in total. The predicted molar refractivity (Wildman–Crippen MR) is 66.4 cm³/mol. The van der Waals surface area contributed by atoms with Crippen molar-refractivity contribution >= 4 is 18.0 Å². The summed E-state index contributed by atoms with van der Waals surface area (Å²) in [7, 11) is 0. The summed E-state index contributed by atoms with van der Waals surface area (Å²) in [5.74, 6) is -1.07. The van der Waals surface area contributed by atoms with Crippen LogP contribution in [0.3, 0.4) is 0 Å². The minimum atomic E-state index is -1.05. The van der Waals surface area contributed by atoms with E-state index in [9.17, 15) is 9.59 Å². The summed E-state index contributed by atoms with van der Waals surface area (Å²) in [4.78, 5) is 29.8. The largest absolute Gasteiger partial charge is 0.478 e. The van der Waals surface area contributed by atoms with Crippen LogP contribution in [0, 0.1) is 0 Å². The number of carboxylic acid groups (broad SMARTS) is 1. The lowest BCUT2D eigenvalue weighted by Gasteiger charge is -2.01. The van der Waals surface area contributed by atoms with E-state index in [2.05, 4.69) is 25.0 Å². The molecule has 1 amide bonds. The molecule has 0 atom stereocenters. The fourth-order valence-corrected chi connectivity index (χ4v) is 1.33. The Kier molecular flexibility index (Phi) is 4.17. The van der Waals surface area contributed by atoms with Gasteiger partial charge in [0.1, 0.15) is 5.69 Å². The average molecular weight is 274 g/mol. The highest BCUT2D eigenvalue weighted by Gasteiger charge is 2.07. The van der Waals surface area contributed by atoms with Crippen LogP contribution in [0.1, 0.15) is 21.9 Å². The van der Waals surface area contributed by atoms with E-state index in [0.717, 1.165) is 6.08 Å². The topological polar surface area (TPSA) is 118 Å². The molecule has 0 spiro atoms. The zero-order valence-corrected chi connectivity index (χ0v) is 10.2. The third-order valence-electron chi connectivity index (χ3n) is 2.25. The van der Waals surface area contributed by atoms with Crippen molar-refractivity contribution in [2.75, 3.05) is 0 Å². The summed E-state index contributed by atoms with van der Waals surface area (Å²) in [5.41, 5.74) is 0.795. The second-order valence-corrected chi connectivity index (χ2v) is 3.68. The number of nitrogens with zero attached hydrogens (tertiary/aromatic N) is 3. The van der Waals surface area contributed by atoms with Gasteiger partial charge in [-0.1, -0.05) is 11.2 Å². The first-order chi connectivity index (χ1) is 9.65. The van der Waals surface area contributed by atoms with Crippen LogP contribution in [-0.4, -0.2) is 32.1 Å². The Bertz CT molecular complexity index is 619. The number of aliphatic carboxylic acids is 1. The van der Waals surface area contributed by atoms with Crippen LogP contribution in [0.25, 0.3) is 6.08 Å². The van der Waals surface area contributed by atoms with Crippen molar-refractivity contribution in [2.24, 2.45) is 0 Å². The summed E-state index contributed by atoms with van der Waals surface area (Å²) in [6.07, 6.45) is 4.95. The first-order valence-corrected chi connectivity index (χ1v) is 5.55. The monoisotopic (exact) mass is 274 g/mol. The maximum absolute atomic E-state index is 11.7. The number of amides is 1. The quantitative estimate of drug-likeness (QED) is 0.761. The zero-order chi connectivity index (χ0) is 14.4. The Hall–Kier alpha value is -3.03.